The number of hydrogen-bond donors (Lipinski definition) is 2. The zero-order chi connectivity index (χ0) is 11.1. The number of ether oxygens (including phenoxy) is 1. The van der Waals surface area contributed by atoms with Crippen LogP contribution in [0.4, 0.5) is 10.5 Å². The van der Waals surface area contributed by atoms with Gasteiger partial charge in [-0.15, -0.1) is 0 Å². The fourth-order valence-corrected chi connectivity index (χ4v) is 1.12. The molecule has 2 N–H and O–H groups in total. The number of carbonyl (C=O) groups excluding carboxylic acids is 1. The molecule has 0 saturated carbocycles. The smallest absolute Gasteiger partial charge is 0.411 e. The summed E-state index contributed by atoms with van der Waals surface area (Å²) in [6, 6.07) is 7.53. The molecule has 0 bridgehead atoms. The molecule has 1 aromatic rings. The van der Waals surface area contributed by atoms with Gasteiger partial charge in [-0.2, -0.15) is 0 Å². The molecule has 0 aromatic heterocycles. The van der Waals surface area contributed by atoms with Crippen LogP contribution < -0.4 is 5.32 Å². The average molecular weight is 209 g/mol. The van der Waals surface area contributed by atoms with E-state index in [0.29, 0.717) is 5.69 Å². The summed E-state index contributed by atoms with van der Waals surface area (Å²) in [6.07, 6.45) is 0.420. The molecule has 0 aliphatic carbocycles. The first-order valence-electron chi connectivity index (χ1n) is 4.90. The number of aryl methyl sites for hydroxylation is 1. The number of rotatable bonds is 4. The lowest BCUT2D eigenvalue weighted by Crippen LogP contribution is -2.15. The Kier molecular flexibility index (Phi) is 4.63. The topological polar surface area (TPSA) is 58.6 Å². The predicted octanol–water partition coefficient (Wildman–Crippen LogP) is 1.79. The largest absolute Gasteiger partial charge is 0.447 e. The van der Waals surface area contributed by atoms with Crippen LogP contribution in [0.15, 0.2) is 24.3 Å². The van der Waals surface area contributed by atoms with E-state index in [2.05, 4.69) is 17.0 Å². The van der Waals surface area contributed by atoms with Crippen LogP contribution in [0.3, 0.4) is 0 Å². The Balaban J connectivity index is 2.46. The van der Waals surface area contributed by atoms with Crippen molar-refractivity contribution in [2.24, 2.45) is 0 Å². The van der Waals surface area contributed by atoms with E-state index in [1.54, 1.807) is 0 Å². The van der Waals surface area contributed by atoms with Gasteiger partial charge in [0.2, 0.25) is 0 Å². The van der Waals surface area contributed by atoms with Gasteiger partial charge >= 0.3 is 6.09 Å². The third kappa shape index (κ3) is 3.99. The Morgan fingerprint density at radius 3 is 2.60 bits per heavy atom. The highest BCUT2D eigenvalue weighted by Crippen LogP contribution is 2.09. The first kappa shape index (κ1) is 11.5. The van der Waals surface area contributed by atoms with Crippen LogP contribution >= 0.6 is 0 Å². The molecule has 0 aliphatic heterocycles. The van der Waals surface area contributed by atoms with Gasteiger partial charge < -0.3 is 9.84 Å². The zero-order valence-corrected chi connectivity index (χ0v) is 8.69. The van der Waals surface area contributed by atoms with Gasteiger partial charge in [-0.05, 0) is 24.1 Å². The lowest BCUT2D eigenvalue weighted by atomic mass is 10.1. The molecular weight excluding hydrogens is 194 g/mol. The number of amides is 1. The van der Waals surface area contributed by atoms with Crippen LogP contribution in [0, 0.1) is 0 Å². The molecule has 0 saturated heterocycles. The lowest BCUT2D eigenvalue weighted by molar-refractivity contribution is 0.131. The van der Waals surface area contributed by atoms with Crippen LogP contribution in [0.2, 0.25) is 0 Å². The van der Waals surface area contributed by atoms with Crippen LogP contribution in [-0.4, -0.2) is 24.4 Å². The van der Waals surface area contributed by atoms with Crippen LogP contribution in [-0.2, 0) is 11.2 Å². The second-order valence-electron chi connectivity index (χ2n) is 3.04. The zero-order valence-electron chi connectivity index (χ0n) is 8.69. The summed E-state index contributed by atoms with van der Waals surface area (Å²) < 4.78 is 4.65. The van der Waals surface area contributed by atoms with Gasteiger partial charge in [-0.3, -0.25) is 5.32 Å². The summed E-state index contributed by atoms with van der Waals surface area (Å²) in [5.74, 6) is 0. The summed E-state index contributed by atoms with van der Waals surface area (Å²) in [6.45, 7) is 1.92. The Bertz CT molecular complexity index is 308. The molecular formula is C11H15NO3. The molecule has 0 heterocycles. The molecule has 82 valence electrons. The molecule has 0 atom stereocenters. The van der Waals surface area contributed by atoms with Crippen molar-refractivity contribution >= 4 is 11.8 Å². The van der Waals surface area contributed by atoms with E-state index in [-0.39, 0.29) is 13.2 Å². The van der Waals surface area contributed by atoms with Crippen LogP contribution in [0.25, 0.3) is 0 Å². The van der Waals surface area contributed by atoms with Crippen molar-refractivity contribution in [3.8, 4) is 0 Å². The van der Waals surface area contributed by atoms with E-state index in [1.165, 1.54) is 5.56 Å². The molecule has 15 heavy (non-hydrogen) atoms. The predicted molar refractivity (Wildman–Crippen MR) is 57.9 cm³/mol. The molecule has 0 spiro atoms. The van der Waals surface area contributed by atoms with E-state index in [0.717, 1.165) is 6.42 Å². The minimum atomic E-state index is -0.548. The summed E-state index contributed by atoms with van der Waals surface area (Å²) in [4.78, 5) is 11.1. The van der Waals surface area contributed by atoms with E-state index >= 15 is 0 Å². The molecule has 1 rings (SSSR count). The Hall–Kier alpha value is -1.55. The van der Waals surface area contributed by atoms with E-state index in [9.17, 15) is 4.79 Å². The summed E-state index contributed by atoms with van der Waals surface area (Å²) in [5, 5.41) is 11.0. The number of hydrogen-bond acceptors (Lipinski definition) is 3. The maximum Gasteiger partial charge on any atom is 0.411 e. The fourth-order valence-electron chi connectivity index (χ4n) is 1.12. The van der Waals surface area contributed by atoms with Crippen molar-refractivity contribution < 1.29 is 14.6 Å². The van der Waals surface area contributed by atoms with Crippen molar-refractivity contribution in [3.05, 3.63) is 29.8 Å². The van der Waals surface area contributed by atoms with Gasteiger partial charge in [0.25, 0.3) is 0 Å². The van der Waals surface area contributed by atoms with Crippen molar-refractivity contribution in [1.82, 2.24) is 0 Å². The highest BCUT2D eigenvalue weighted by molar-refractivity contribution is 5.84. The third-order valence-corrected chi connectivity index (χ3v) is 1.93. The second-order valence-corrected chi connectivity index (χ2v) is 3.04. The van der Waals surface area contributed by atoms with Crippen molar-refractivity contribution in [2.45, 2.75) is 13.3 Å². The molecule has 0 radical (unpaired) electrons. The molecule has 4 nitrogen and oxygen atoms in total. The first-order chi connectivity index (χ1) is 7.26. The second kappa shape index (κ2) is 6.03. The summed E-state index contributed by atoms with van der Waals surface area (Å²) in [5.41, 5.74) is 1.90. The Morgan fingerprint density at radius 2 is 2.07 bits per heavy atom. The SMILES string of the molecule is CCc1ccc(NC(=O)OCCO)cc1. The highest BCUT2D eigenvalue weighted by Gasteiger charge is 2.01. The van der Waals surface area contributed by atoms with E-state index in [4.69, 9.17) is 5.11 Å². The van der Waals surface area contributed by atoms with Crippen molar-refractivity contribution in [3.63, 3.8) is 0 Å². The van der Waals surface area contributed by atoms with Gasteiger partial charge in [0.15, 0.2) is 0 Å². The van der Waals surface area contributed by atoms with Gasteiger partial charge in [-0.1, -0.05) is 19.1 Å². The maximum atomic E-state index is 11.1. The Morgan fingerprint density at radius 1 is 1.40 bits per heavy atom. The molecule has 0 fully saturated rings. The minimum Gasteiger partial charge on any atom is -0.447 e. The van der Waals surface area contributed by atoms with Gasteiger partial charge in [0.05, 0.1) is 6.61 Å². The first-order valence-corrected chi connectivity index (χ1v) is 4.90. The van der Waals surface area contributed by atoms with Gasteiger partial charge in [-0.25, -0.2) is 4.79 Å². The standard InChI is InChI=1S/C11H15NO3/c1-2-9-3-5-10(6-4-9)12-11(14)15-8-7-13/h3-6,13H,2,7-8H2,1H3,(H,12,14). The third-order valence-electron chi connectivity index (χ3n) is 1.93. The maximum absolute atomic E-state index is 11.1. The number of aliphatic hydroxyl groups excluding tert-OH is 1. The molecule has 0 aliphatic rings. The number of nitrogens with one attached hydrogen (secondary N) is 1. The van der Waals surface area contributed by atoms with Crippen LogP contribution in [0.5, 0.6) is 0 Å². The Labute approximate surface area is 88.9 Å². The quantitative estimate of drug-likeness (QED) is 0.794. The normalized spacial score (nSPS) is 9.73. The number of aliphatic hydroxyl groups is 1. The average Bonchev–Trinajstić information content (AvgIpc) is 2.27. The van der Waals surface area contributed by atoms with Gasteiger partial charge in [0, 0.05) is 5.69 Å². The highest BCUT2D eigenvalue weighted by atomic mass is 16.6. The summed E-state index contributed by atoms with van der Waals surface area (Å²) in [7, 11) is 0. The lowest BCUT2D eigenvalue weighted by Gasteiger charge is -2.06. The van der Waals surface area contributed by atoms with E-state index in [1.807, 2.05) is 24.3 Å². The van der Waals surface area contributed by atoms with E-state index < -0.39 is 6.09 Å². The fraction of sp³-hybridized carbons (Fsp3) is 0.364. The van der Waals surface area contributed by atoms with Crippen molar-refractivity contribution in [1.29, 1.82) is 0 Å². The monoisotopic (exact) mass is 209 g/mol. The number of carbonyl (C=O) groups is 1. The molecule has 4 heteroatoms. The van der Waals surface area contributed by atoms with Crippen LogP contribution in [0.1, 0.15) is 12.5 Å². The number of anilines is 1. The number of benzene rings is 1. The van der Waals surface area contributed by atoms with Gasteiger partial charge in [0.1, 0.15) is 6.61 Å². The molecule has 0 unspecified atom stereocenters. The minimum absolute atomic E-state index is 0.0128. The van der Waals surface area contributed by atoms with Crippen molar-refractivity contribution in [2.75, 3.05) is 18.5 Å². The molecule has 1 aromatic carbocycles. The molecule has 1 amide bonds. The summed E-state index contributed by atoms with van der Waals surface area (Å²) >= 11 is 0.